The van der Waals surface area contributed by atoms with Crippen LogP contribution >= 0.6 is 11.6 Å². The number of rotatable bonds is 1. The van der Waals surface area contributed by atoms with Gasteiger partial charge in [0.25, 0.3) is 0 Å². The zero-order valence-corrected chi connectivity index (χ0v) is 9.83. The Morgan fingerprint density at radius 2 is 1.94 bits per heavy atom. The molecular weight excluding hydrogens is 258 g/mol. The van der Waals surface area contributed by atoms with Crippen LogP contribution in [0.2, 0.25) is 5.02 Å². The van der Waals surface area contributed by atoms with Crippen LogP contribution in [-0.4, -0.2) is 9.38 Å². The summed E-state index contributed by atoms with van der Waals surface area (Å²) in [5.41, 5.74) is 0.832. The predicted molar refractivity (Wildman–Crippen MR) is 65.6 cm³/mol. The highest BCUT2D eigenvalue weighted by atomic mass is 35.5. The zero-order chi connectivity index (χ0) is 12.7. The summed E-state index contributed by atoms with van der Waals surface area (Å²) < 4.78 is 28.7. The Labute approximate surface area is 106 Å². The highest BCUT2D eigenvalue weighted by Gasteiger charge is 2.11. The summed E-state index contributed by atoms with van der Waals surface area (Å²) in [6.07, 6.45) is 3.23. The van der Waals surface area contributed by atoms with Gasteiger partial charge >= 0.3 is 0 Å². The first-order valence-corrected chi connectivity index (χ1v) is 5.61. The molecule has 3 rings (SSSR count). The third kappa shape index (κ3) is 1.75. The van der Waals surface area contributed by atoms with Crippen molar-refractivity contribution in [3.63, 3.8) is 0 Å². The summed E-state index contributed by atoms with van der Waals surface area (Å²) in [4.78, 5) is 4.08. The maximum absolute atomic E-state index is 13.7. The Kier molecular flexibility index (Phi) is 2.52. The molecule has 5 heteroatoms. The van der Waals surface area contributed by atoms with E-state index >= 15 is 0 Å². The normalized spacial score (nSPS) is 11.1. The second-order valence-corrected chi connectivity index (χ2v) is 4.27. The van der Waals surface area contributed by atoms with Gasteiger partial charge in [0.1, 0.15) is 5.82 Å². The van der Waals surface area contributed by atoms with Crippen molar-refractivity contribution in [2.45, 2.75) is 0 Å². The molecule has 90 valence electrons. The molecular formula is C13H7ClF2N2. The number of benzene rings is 1. The molecule has 0 spiro atoms. The van der Waals surface area contributed by atoms with E-state index in [2.05, 4.69) is 4.98 Å². The van der Waals surface area contributed by atoms with Crippen molar-refractivity contribution in [2.75, 3.05) is 0 Å². The third-order valence-corrected chi connectivity index (χ3v) is 2.88. The Morgan fingerprint density at radius 1 is 1.11 bits per heavy atom. The van der Waals surface area contributed by atoms with Gasteiger partial charge in [-0.2, -0.15) is 0 Å². The molecule has 2 nitrogen and oxygen atoms in total. The van der Waals surface area contributed by atoms with Gasteiger partial charge in [0.15, 0.2) is 11.5 Å². The summed E-state index contributed by atoms with van der Waals surface area (Å²) in [5.74, 6) is -0.926. The molecule has 2 heterocycles. The number of aromatic nitrogens is 2. The Balaban J connectivity index is 2.23. The van der Waals surface area contributed by atoms with E-state index in [4.69, 9.17) is 11.6 Å². The number of pyridine rings is 1. The summed E-state index contributed by atoms with van der Waals surface area (Å²) in [7, 11) is 0. The zero-order valence-electron chi connectivity index (χ0n) is 9.07. The summed E-state index contributed by atoms with van der Waals surface area (Å²) in [6, 6.07) is 7.17. The van der Waals surface area contributed by atoms with E-state index in [1.807, 2.05) is 0 Å². The van der Waals surface area contributed by atoms with Gasteiger partial charge < -0.3 is 4.40 Å². The van der Waals surface area contributed by atoms with Crippen molar-refractivity contribution < 1.29 is 8.78 Å². The van der Waals surface area contributed by atoms with Gasteiger partial charge in [0.2, 0.25) is 0 Å². The lowest BCUT2D eigenvalue weighted by molar-refractivity contribution is 0.628. The Hall–Kier alpha value is -1.94. The van der Waals surface area contributed by atoms with Gasteiger partial charge in [0.05, 0.1) is 5.69 Å². The molecule has 3 aromatic rings. The van der Waals surface area contributed by atoms with Crippen LogP contribution in [0.4, 0.5) is 8.78 Å². The Morgan fingerprint density at radius 3 is 2.67 bits per heavy atom. The molecule has 0 atom stereocenters. The molecule has 1 aromatic carbocycles. The highest BCUT2D eigenvalue weighted by Crippen LogP contribution is 2.25. The molecule has 18 heavy (non-hydrogen) atoms. The van der Waals surface area contributed by atoms with Crippen LogP contribution in [0.1, 0.15) is 0 Å². The van der Waals surface area contributed by atoms with Gasteiger partial charge in [-0.3, -0.25) is 0 Å². The smallest absolute Gasteiger partial charge is 0.173 e. The van der Waals surface area contributed by atoms with Gasteiger partial charge in [0, 0.05) is 23.0 Å². The molecule has 0 fully saturated rings. The lowest BCUT2D eigenvalue weighted by Gasteiger charge is -1.98. The second-order valence-electron chi connectivity index (χ2n) is 3.84. The fraction of sp³-hybridized carbons (Fsp3) is 0. The molecule has 0 N–H and O–H groups in total. The van der Waals surface area contributed by atoms with Gasteiger partial charge in [-0.05, 0) is 30.3 Å². The van der Waals surface area contributed by atoms with E-state index in [9.17, 15) is 8.78 Å². The van der Waals surface area contributed by atoms with E-state index in [0.29, 0.717) is 16.3 Å². The van der Waals surface area contributed by atoms with Crippen molar-refractivity contribution in [3.8, 4) is 11.3 Å². The van der Waals surface area contributed by atoms with E-state index in [0.717, 1.165) is 0 Å². The largest absolute Gasteiger partial charge is 0.304 e. The lowest BCUT2D eigenvalue weighted by atomic mass is 10.1. The van der Waals surface area contributed by atoms with Gasteiger partial charge in [-0.15, -0.1) is 0 Å². The molecule has 0 aliphatic rings. The number of hydrogen-bond donors (Lipinski definition) is 0. The van der Waals surface area contributed by atoms with Crippen molar-refractivity contribution in [1.82, 2.24) is 9.38 Å². The molecule has 0 bridgehead atoms. The van der Waals surface area contributed by atoms with Crippen LogP contribution in [0.15, 0.2) is 42.7 Å². The minimum Gasteiger partial charge on any atom is -0.304 e. The van der Waals surface area contributed by atoms with Crippen LogP contribution in [-0.2, 0) is 0 Å². The summed E-state index contributed by atoms with van der Waals surface area (Å²) in [5, 5.41) is 0.311. The third-order valence-electron chi connectivity index (χ3n) is 2.64. The SMILES string of the molecule is Fc1cc(Cl)ccc1-c1cn2cccc(F)c2n1. The van der Waals surface area contributed by atoms with E-state index in [-0.39, 0.29) is 5.65 Å². The first-order chi connectivity index (χ1) is 8.65. The van der Waals surface area contributed by atoms with Crippen LogP contribution in [0.25, 0.3) is 16.9 Å². The van der Waals surface area contributed by atoms with E-state index in [1.165, 1.54) is 22.6 Å². The molecule has 2 aromatic heterocycles. The van der Waals surface area contributed by atoms with Crippen LogP contribution < -0.4 is 0 Å². The quantitative estimate of drug-likeness (QED) is 0.651. The fourth-order valence-corrected chi connectivity index (χ4v) is 1.96. The van der Waals surface area contributed by atoms with Crippen LogP contribution in [0, 0.1) is 11.6 Å². The number of nitrogens with zero attached hydrogens (tertiary/aromatic N) is 2. The number of hydrogen-bond acceptors (Lipinski definition) is 1. The fourth-order valence-electron chi connectivity index (χ4n) is 1.81. The topological polar surface area (TPSA) is 17.3 Å². The van der Waals surface area contributed by atoms with Crippen LogP contribution in [0.5, 0.6) is 0 Å². The second kappa shape index (κ2) is 4.07. The lowest BCUT2D eigenvalue weighted by Crippen LogP contribution is -1.85. The maximum Gasteiger partial charge on any atom is 0.173 e. The molecule has 0 amide bonds. The number of fused-ring (bicyclic) bond motifs is 1. The molecule has 0 radical (unpaired) electrons. The summed E-state index contributed by atoms with van der Waals surface area (Å²) in [6.45, 7) is 0. The molecule has 0 saturated carbocycles. The molecule has 0 aliphatic heterocycles. The molecule has 0 unspecified atom stereocenters. The van der Waals surface area contributed by atoms with Crippen LogP contribution in [0.3, 0.4) is 0 Å². The maximum atomic E-state index is 13.7. The molecule has 0 saturated heterocycles. The van der Waals surface area contributed by atoms with E-state index < -0.39 is 11.6 Å². The van der Waals surface area contributed by atoms with Crippen molar-refractivity contribution in [2.24, 2.45) is 0 Å². The average Bonchev–Trinajstić information content (AvgIpc) is 2.74. The van der Waals surface area contributed by atoms with Crippen molar-refractivity contribution >= 4 is 17.2 Å². The van der Waals surface area contributed by atoms with E-state index in [1.54, 1.807) is 24.5 Å². The van der Waals surface area contributed by atoms with Gasteiger partial charge in [-0.25, -0.2) is 13.8 Å². The van der Waals surface area contributed by atoms with Crippen molar-refractivity contribution in [3.05, 3.63) is 59.4 Å². The number of imidazole rings is 1. The monoisotopic (exact) mass is 264 g/mol. The highest BCUT2D eigenvalue weighted by molar-refractivity contribution is 6.30. The molecule has 0 aliphatic carbocycles. The van der Waals surface area contributed by atoms with Crippen molar-refractivity contribution in [1.29, 1.82) is 0 Å². The number of halogens is 3. The average molecular weight is 265 g/mol. The standard InChI is InChI=1S/C13H7ClF2N2/c14-8-3-4-9(11(16)6-8)12-7-18-5-1-2-10(15)13(18)17-12/h1-7H. The van der Waals surface area contributed by atoms with Gasteiger partial charge in [-0.1, -0.05) is 11.6 Å². The minimum absolute atomic E-state index is 0.168. The first kappa shape index (κ1) is 11.2. The first-order valence-electron chi connectivity index (χ1n) is 5.24. The summed E-state index contributed by atoms with van der Waals surface area (Å²) >= 11 is 5.68. The Bertz CT molecular complexity index is 737. The minimum atomic E-state index is -0.480. The predicted octanol–water partition coefficient (Wildman–Crippen LogP) is 3.93.